The Morgan fingerprint density at radius 1 is 1.19 bits per heavy atom. The summed E-state index contributed by atoms with van der Waals surface area (Å²) in [4.78, 5) is 4.19. The molecule has 1 aromatic carbocycles. The quantitative estimate of drug-likeness (QED) is 0.913. The first-order chi connectivity index (χ1) is 9.88. The van der Waals surface area contributed by atoms with Gasteiger partial charge in [0.1, 0.15) is 11.9 Å². The van der Waals surface area contributed by atoms with Crippen molar-refractivity contribution in [3.8, 4) is 5.75 Å². The van der Waals surface area contributed by atoms with Crippen molar-refractivity contribution in [1.29, 1.82) is 0 Å². The fourth-order valence-electron chi connectivity index (χ4n) is 1.96. The molecule has 0 radical (unpaired) electrons. The summed E-state index contributed by atoms with van der Waals surface area (Å²) in [6, 6.07) is 9.81. The molecule has 0 saturated carbocycles. The van der Waals surface area contributed by atoms with E-state index in [0.717, 1.165) is 11.8 Å². The van der Waals surface area contributed by atoms with Gasteiger partial charge < -0.3 is 10.5 Å². The van der Waals surface area contributed by atoms with Gasteiger partial charge in [-0.2, -0.15) is 0 Å². The summed E-state index contributed by atoms with van der Waals surface area (Å²) in [7, 11) is -3.27. The lowest BCUT2D eigenvalue weighted by atomic mass is 10.1. The summed E-state index contributed by atoms with van der Waals surface area (Å²) >= 11 is 0. The number of pyridine rings is 1. The lowest BCUT2D eigenvalue weighted by Crippen LogP contribution is -2.29. The third kappa shape index (κ3) is 4.03. The Kier molecular flexibility index (Phi) is 4.59. The Bertz CT molecular complexity index is 700. The van der Waals surface area contributed by atoms with Crippen LogP contribution in [0.4, 0.5) is 0 Å². The predicted molar refractivity (Wildman–Crippen MR) is 80.8 cm³/mol. The average molecular weight is 306 g/mol. The maximum atomic E-state index is 11.6. The number of hydrogen-bond donors (Lipinski definition) is 1. The topological polar surface area (TPSA) is 82.3 Å². The molecule has 5 nitrogen and oxygen atoms in total. The Morgan fingerprint density at radius 3 is 2.43 bits per heavy atom. The zero-order valence-electron chi connectivity index (χ0n) is 11.9. The fraction of sp³-hybridized carbons (Fsp3) is 0.267. The maximum absolute atomic E-state index is 11.6. The smallest absolute Gasteiger partial charge is 0.175 e. The normalized spacial score (nSPS) is 14.4. The van der Waals surface area contributed by atoms with Crippen molar-refractivity contribution in [3.05, 3.63) is 54.4 Å². The van der Waals surface area contributed by atoms with Crippen molar-refractivity contribution in [2.45, 2.75) is 24.0 Å². The largest absolute Gasteiger partial charge is 0.484 e. The van der Waals surface area contributed by atoms with E-state index in [1.807, 2.05) is 19.1 Å². The van der Waals surface area contributed by atoms with Gasteiger partial charge in [-0.1, -0.05) is 6.07 Å². The average Bonchev–Trinajstić information content (AvgIpc) is 2.45. The van der Waals surface area contributed by atoms with Crippen molar-refractivity contribution in [1.82, 2.24) is 4.98 Å². The number of benzene rings is 1. The van der Waals surface area contributed by atoms with Crippen LogP contribution in [0.15, 0.2) is 53.7 Å². The van der Waals surface area contributed by atoms with Gasteiger partial charge in [-0.15, -0.1) is 0 Å². The third-order valence-electron chi connectivity index (χ3n) is 3.01. The van der Waals surface area contributed by atoms with Gasteiger partial charge in [0, 0.05) is 24.7 Å². The number of hydrogen-bond acceptors (Lipinski definition) is 5. The minimum Gasteiger partial charge on any atom is -0.484 e. The van der Waals surface area contributed by atoms with Crippen molar-refractivity contribution in [2.75, 3.05) is 6.26 Å². The summed E-state index contributed by atoms with van der Waals surface area (Å²) in [6.07, 6.45) is 4.13. The van der Waals surface area contributed by atoms with Crippen LogP contribution >= 0.6 is 0 Å². The number of ether oxygens (including phenoxy) is 1. The predicted octanol–water partition coefficient (Wildman–Crippen LogP) is 1.95. The van der Waals surface area contributed by atoms with E-state index in [1.165, 1.54) is 12.1 Å². The van der Waals surface area contributed by atoms with Gasteiger partial charge in [0.2, 0.25) is 0 Å². The van der Waals surface area contributed by atoms with Gasteiger partial charge in [0.15, 0.2) is 9.84 Å². The molecule has 0 saturated heterocycles. The molecule has 21 heavy (non-hydrogen) atoms. The van der Waals surface area contributed by atoms with Gasteiger partial charge in [-0.25, -0.2) is 8.42 Å². The van der Waals surface area contributed by atoms with Crippen LogP contribution in [0.2, 0.25) is 0 Å². The monoisotopic (exact) mass is 306 g/mol. The van der Waals surface area contributed by atoms with Crippen molar-refractivity contribution < 1.29 is 13.2 Å². The van der Waals surface area contributed by atoms with Gasteiger partial charge in [-0.3, -0.25) is 4.98 Å². The van der Waals surface area contributed by atoms with E-state index in [0.29, 0.717) is 5.75 Å². The lowest BCUT2D eigenvalue weighted by molar-refractivity contribution is 0.180. The first-order valence-electron chi connectivity index (χ1n) is 6.50. The van der Waals surface area contributed by atoms with Crippen LogP contribution in [-0.2, 0) is 9.84 Å². The van der Waals surface area contributed by atoms with Crippen LogP contribution in [-0.4, -0.2) is 25.7 Å². The van der Waals surface area contributed by atoms with E-state index in [4.69, 9.17) is 10.5 Å². The van der Waals surface area contributed by atoms with Crippen LogP contribution in [0, 0.1) is 0 Å². The third-order valence-corrected chi connectivity index (χ3v) is 4.12. The second kappa shape index (κ2) is 6.24. The molecule has 0 fully saturated rings. The molecular formula is C15H18N2O3S. The summed E-state index contributed by atoms with van der Waals surface area (Å²) in [5.41, 5.74) is 6.87. The van der Waals surface area contributed by atoms with Crippen LogP contribution in [0.1, 0.15) is 18.6 Å². The van der Waals surface area contributed by atoms with E-state index in [-0.39, 0.29) is 17.0 Å². The molecule has 1 aromatic heterocycles. The Balaban J connectivity index is 2.30. The molecule has 0 aliphatic carbocycles. The van der Waals surface area contributed by atoms with Crippen molar-refractivity contribution >= 4 is 9.84 Å². The molecule has 2 aromatic rings. The molecule has 112 valence electrons. The lowest BCUT2D eigenvalue weighted by Gasteiger charge is -2.23. The highest BCUT2D eigenvalue weighted by molar-refractivity contribution is 7.90. The molecule has 2 N–H and O–H groups in total. The molecule has 1 heterocycles. The van der Waals surface area contributed by atoms with Gasteiger partial charge in [-0.05, 0) is 42.8 Å². The van der Waals surface area contributed by atoms with E-state index in [9.17, 15) is 8.42 Å². The second-order valence-electron chi connectivity index (χ2n) is 4.93. The molecular weight excluding hydrogens is 288 g/mol. The maximum Gasteiger partial charge on any atom is 0.175 e. The first-order valence-corrected chi connectivity index (χ1v) is 8.39. The van der Waals surface area contributed by atoms with Crippen molar-refractivity contribution in [2.24, 2.45) is 5.73 Å². The highest BCUT2D eigenvalue weighted by Crippen LogP contribution is 2.25. The van der Waals surface area contributed by atoms with Gasteiger partial charge in [0.05, 0.1) is 4.90 Å². The van der Waals surface area contributed by atoms with E-state index < -0.39 is 9.84 Å². The van der Waals surface area contributed by atoms with Crippen LogP contribution in [0.25, 0.3) is 0 Å². The molecule has 0 bridgehead atoms. The van der Waals surface area contributed by atoms with Gasteiger partial charge in [0.25, 0.3) is 0 Å². The summed E-state index contributed by atoms with van der Waals surface area (Å²) in [6.45, 7) is 1.84. The minimum absolute atomic E-state index is 0.221. The minimum atomic E-state index is -3.27. The standard InChI is InChI=1S/C15H18N2O3S/c1-11(16)15(12-6-8-17-9-7-12)20-13-4-3-5-14(10-13)21(2,18)19/h3-11,15H,16H2,1-2H3. The Labute approximate surface area is 124 Å². The molecule has 0 amide bonds. The Morgan fingerprint density at radius 2 is 1.86 bits per heavy atom. The van der Waals surface area contributed by atoms with Gasteiger partial charge >= 0.3 is 0 Å². The molecule has 2 atom stereocenters. The summed E-state index contributed by atoms with van der Waals surface area (Å²) < 4.78 is 29.1. The Hall–Kier alpha value is -1.92. The number of sulfone groups is 1. The molecule has 2 rings (SSSR count). The number of aromatic nitrogens is 1. The van der Waals surface area contributed by atoms with E-state index in [2.05, 4.69) is 4.98 Å². The first kappa shape index (κ1) is 15.5. The van der Waals surface area contributed by atoms with E-state index >= 15 is 0 Å². The number of nitrogens with two attached hydrogens (primary N) is 1. The van der Waals surface area contributed by atoms with E-state index in [1.54, 1.807) is 24.5 Å². The second-order valence-corrected chi connectivity index (χ2v) is 6.94. The SMILES string of the molecule is CC(N)C(Oc1cccc(S(C)(=O)=O)c1)c1ccncc1. The van der Waals surface area contributed by atoms with Crippen LogP contribution in [0.5, 0.6) is 5.75 Å². The molecule has 6 heteroatoms. The zero-order valence-corrected chi connectivity index (χ0v) is 12.7. The number of rotatable bonds is 5. The molecule has 0 aliphatic rings. The van der Waals surface area contributed by atoms with Crippen LogP contribution < -0.4 is 10.5 Å². The van der Waals surface area contributed by atoms with Crippen LogP contribution in [0.3, 0.4) is 0 Å². The molecule has 2 unspecified atom stereocenters. The molecule has 0 spiro atoms. The summed E-state index contributed by atoms with van der Waals surface area (Å²) in [5, 5.41) is 0. The number of nitrogens with zero attached hydrogens (tertiary/aromatic N) is 1. The zero-order chi connectivity index (χ0) is 15.5. The molecule has 0 aliphatic heterocycles. The highest BCUT2D eigenvalue weighted by atomic mass is 32.2. The fourth-order valence-corrected chi connectivity index (χ4v) is 2.61. The summed E-state index contributed by atoms with van der Waals surface area (Å²) in [5.74, 6) is 0.469. The highest BCUT2D eigenvalue weighted by Gasteiger charge is 2.19. The van der Waals surface area contributed by atoms with Crippen molar-refractivity contribution in [3.63, 3.8) is 0 Å².